The Bertz CT molecular complexity index is 1200. The molecule has 382 valence electrons. The van der Waals surface area contributed by atoms with Crippen LogP contribution in [0.3, 0.4) is 0 Å². The quantitative estimate of drug-likeness (QED) is 0.0834. The lowest BCUT2D eigenvalue weighted by molar-refractivity contribution is -0.325. The van der Waals surface area contributed by atoms with Gasteiger partial charge in [0.25, 0.3) is 0 Å². The van der Waals surface area contributed by atoms with Gasteiger partial charge in [0, 0.05) is 40.6 Å². The highest BCUT2D eigenvalue weighted by atomic mass is 16.7. The van der Waals surface area contributed by atoms with Crippen molar-refractivity contribution in [3.8, 4) is 11.8 Å². The van der Waals surface area contributed by atoms with Crippen LogP contribution in [0.2, 0.25) is 0 Å². The predicted molar refractivity (Wildman–Crippen MR) is 227 cm³/mol. The van der Waals surface area contributed by atoms with Gasteiger partial charge in [-0.1, -0.05) is 0 Å². The average Bonchev–Trinajstić information content (AvgIpc) is 3.62. The summed E-state index contributed by atoms with van der Waals surface area (Å²) in [5.41, 5.74) is 0. The number of carbonyl (C=O) groups excluding carboxylic acids is 1. The number of hydrogen-bond acceptors (Lipinski definition) is 22. The second-order valence-electron chi connectivity index (χ2n) is 13.8. The molecule has 1 saturated heterocycles. The zero-order valence-electron chi connectivity index (χ0n) is 38.8. The number of carbonyl (C=O) groups is 1. The van der Waals surface area contributed by atoms with Crippen molar-refractivity contribution in [3.05, 3.63) is 12.1 Å². The molecule has 0 bridgehead atoms. The second kappa shape index (κ2) is 41.8. The van der Waals surface area contributed by atoms with E-state index in [2.05, 4.69) is 0 Å². The lowest BCUT2D eigenvalue weighted by Gasteiger charge is -2.45. The van der Waals surface area contributed by atoms with Gasteiger partial charge in [-0.2, -0.15) is 0 Å². The van der Waals surface area contributed by atoms with Gasteiger partial charge in [0.15, 0.2) is 6.29 Å². The monoisotopic (exact) mass is 947 g/mol. The summed E-state index contributed by atoms with van der Waals surface area (Å²) < 4.78 is 104. The summed E-state index contributed by atoms with van der Waals surface area (Å²) in [6.07, 6.45) is -4.10. The fourth-order valence-corrected chi connectivity index (χ4v) is 5.68. The molecule has 1 fully saturated rings. The minimum atomic E-state index is -1.03. The molecule has 3 unspecified atom stereocenters. The van der Waals surface area contributed by atoms with Gasteiger partial charge in [-0.3, -0.25) is 0 Å². The molecule has 0 aromatic carbocycles. The first-order valence-electron chi connectivity index (χ1n) is 22.0. The van der Waals surface area contributed by atoms with Gasteiger partial charge in [0.05, 0.1) is 178 Å². The molecule has 0 amide bonds. The lowest BCUT2D eigenvalue weighted by Crippen LogP contribution is -2.62. The molecule has 2 N–H and O–H groups in total. The fraction of sp³-hybridized carbons (Fsp3) is 0.881. The van der Waals surface area contributed by atoms with Crippen LogP contribution >= 0.6 is 0 Å². The molecule has 2 heterocycles. The van der Waals surface area contributed by atoms with Crippen LogP contribution < -0.4 is 4.84 Å². The maximum Gasteiger partial charge on any atom is 0.333 e. The third kappa shape index (κ3) is 29.2. The Morgan fingerprint density at radius 2 is 0.815 bits per heavy atom. The van der Waals surface area contributed by atoms with Crippen molar-refractivity contribution in [3.63, 3.8) is 0 Å². The van der Waals surface area contributed by atoms with E-state index < -0.39 is 48.4 Å². The highest BCUT2D eigenvalue weighted by Gasteiger charge is 2.49. The Hall–Kier alpha value is -2.37. The number of aromatic nitrogens is 1. The smallest absolute Gasteiger partial charge is 0.333 e. The molecule has 23 heteroatoms. The van der Waals surface area contributed by atoms with Crippen molar-refractivity contribution in [1.82, 2.24) is 4.73 Å². The Morgan fingerprint density at radius 3 is 1.23 bits per heavy atom. The van der Waals surface area contributed by atoms with E-state index in [1.807, 2.05) is 0 Å². The van der Waals surface area contributed by atoms with E-state index in [0.29, 0.717) is 117 Å². The molecule has 1 aromatic rings. The van der Waals surface area contributed by atoms with Gasteiger partial charge in [-0.15, -0.1) is 4.73 Å². The van der Waals surface area contributed by atoms with E-state index in [0.717, 1.165) is 0 Å². The molecule has 0 spiro atoms. The summed E-state index contributed by atoms with van der Waals surface area (Å²) in [4.78, 5) is 17.7. The number of aromatic hydroxyl groups is 2. The molecule has 1 aliphatic rings. The van der Waals surface area contributed by atoms with E-state index in [1.54, 1.807) is 28.4 Å². The number of nitrogens with zero attached hydrogens (tertiary/aromatic N) is 1. The summed E-state index contributed by atoms with van der Waals surface area (Å²) in [7, 11) is 6.43. The Labute approximate surface area is 383 Å². The first-order valence-corrected chi connectivity index (χ1v) is 22.0. The van der Waals surface area contributed by atoms with E-state index in [4.69, 9.17) is 90.1 Å². The first kappa shape index (κ1) is 58.8. The number of rotatable bonds is 47. The average molecular weight is 948 g/mol. The SMILES string of the molecule is COCCOCCOCCOCC1O[C@@H](OCCCC(=O)On2c(O)ccc2O)C(OCCOCCOCCOC)[C@@H](OCCOCCOCCOC)C1OCCOCCOCCOC. The van der Waals surface area contributed by atoms with E-state index in [-0.39, 0.29) is 72.3 Å². The van der Waals surface area contributed by atoms with Crippen molar-refractivity contribution in [2.75, 3.05) is 200 Å². The van der Waals surface area contributed by atoms with Crippen LogP contribution in [0.4, 0.5) is 0 Å². The van der Waals surface area contributed by atoms with Crippen LogP contribution in [0, 0.1) is 0 Å². The van der Waals surface area contributed by atoms with Crippen molar-refractivity contribution < 1.29 is 105 Å². The van der Waals surface area contributed by atoms with Crippen LogP contribution in [-0.2, 0) is 90.1 Å². The summed E-state index contributed by atoms with van der Waals surface area (Å²) in [5, 5.41) is 19.8. The minimum absolute atomic E-state index is 0.0250. The molecule has 2 rings (SSSR count). The number of hydrogen-bond donors (Lipinski definition) is 2. The molecular weight excluding hydrogens is 870 g/mol. The van der Waals surface area contributed by atoms with Crippen molar-refractivity contribution in [2.24, 2.45) is 0 Å². The summed E-state index contributed by atoms with van der Waals surface area (Å²) in [6.45, 7) is 8.54. The molecule has 23 nitrogen and oxygen atoms in total. The maximum atomic E-state index is 12.6. The van der Waals surface area contributed by atoms with Gasteiger partial charge in [-0.25, -0.2) is 4.79 Å². The highest BCUT2D eigenvalue weighted by Crippen LogP contribution is 2.30. The van der Waals surface area contributed by atoms with Crippen molar-refractivity contribution in [1.29, 1.82) is 0 Å². The summed E-state index contributed by atoms with van der Waals surface area (Å²) in [6, 6.07) is 2.38. The normalized spacial score (nSPS) is 18.7. The topological polar surface area (TPSA) is 238 Å². The van der Waals surface area contributed by atoms with E-state index in [1.165, 1.54) is 12.1 Å². The van der Waals surface area contributed by atoms with Crippen LogP contribution in [-0.4, -0.2) is 252 Å². The Kier molecular flexibility index (Phi) is 37.8. The molecule has 0 radical (unpaired) electrons. The van der Waals surface area contributed by atoms with Crippen LogP contribution in [0.15, 0.2) is 12.1 Å². The minimum Gasteiger partial charge on any atom is -0.492 e. The Balaban J connectivity index is 2.21. The van der Waals surface area contributed by atoms with Gasteiger partial charge in [-0.05, 0) is 6.42 Å². The molecule has 5 atom stereocenters. The Morgan fingerprint density at radius 1 is 0.462 bits per heavy atom. The predicted octanol–water partition coefficient (Wildman–Crippen LogP) is 0.267. The van der Waals surface area contributed by atoms with Crippen LogP contribution in [0.5, 0.6) is 11.8 Å². The fourth-order valence-electron chi connectivity index (χ4n) is 5.68. The van der Waals surface area contributed by atoms with Gasteiger partial charge in [0.1, 0.15) is 24.4 Å². The third-order valence-corrected chi connectivity index (χ3v) is 8.87. The lowest BCUT2D eigenvalue weighted by atomic mass is 9.98. The van der Waals surface area contributed by atoms with Crippen molar-refractivity contribution in [2.45, 2.75) is 43.5 Å². The molecule has 1 aromatic heterocycles. The zero-order valence-corrected chi connectivity index (χ0v) is 38.8. The summed E-state index contributed by atoms with van der Waals surface area (Å²) in [5.74, 6) is -1.58. The van der Waals surface area contributed by atoms with E-state index in [9.17, 15) is 15.0 Å². The molecule has 0 aliphatic carbocycles. The zero-order chi connectivity index (χ0) is 46.8. The first-order chi connectivity index (χ1) is 32.0. The molecule has 65 heavy (non-hydrogen) atoms. The highest BCUT2D eigenvalue weighted by molar-refractivity contribution is 5.69. The number of ether oxygens (including phenoxy) is 18. The van der Waals surface area contributed by atoms with Gasteiger partial charge >= 0.3 is 5.97 Å². The number of methoxy groups -OCH3 is 4. The third-order valence-electron chi connectivity index (χ3n) is 8.87. The largest absolute Gasteiger partial charge is 0.492 e. The standard InChI is InChI=1S/C42H77NO22/c1-47-10-14-51-18-22-55-26-27-59-34-35-39(60-31-28-56-23-19-52-15-11-48-2)40(61-32-29-57-24-20-53-16-12-49-3)41(62-33-30-58-25-21-54-17-13-50-4)42(64-35)63-9-5-6-38(46)65-43-36(44)7-8-37(43)45/h7-8,35,39-42,44-45H,5-6,9-34H2,1-4H3/t35?,39?,40-,41?,42+/m0/s1. The van der Waals surface area contributed by atoms with Gasteiger partial charge < -0.3 is 100 Å². The molecule has 1 aliphatic heterocycles. The van der Waals surface area contributed by atoms with Crippen molar-refractivity contribution >= 4 is 5.97 Å². The second-order valence-corrected chi connectivity index (χ2v) is 13.8. The van der Waals surface area contributed by atoms with Gasteiger partial charge in [0.2, 0.25) is 11.8 Å². The summed E-state index contributed by atoms with van der Waals surface area (Å²) >= 11 is 0. The van der Waals surface area contributed by atoms with Crippen LogP contribution in [0.25, 0.3) is 0 Å². The molecule has 0 saturated carbocycles. The van der Waals surface area contributed by atoms with E-state index >= 15 is 0 Å². The van der Waals surface area contributed by atoms with Crippen LogP contribution in [0.1, 0.15) is 12.8 Å². The molecular formula is C42H77NO22. The maximum absolute atomic E-state index is 12.6.